The summed E-state index contributed by atoms with van der Waals surface area (Å²) < 4.78 is 29.2. The highest BCUT2D eigenvalue weighted by atomic mass is 31.2. The summed E-state index contributed by atoms with van der Waals surface area (Å²) in [7, 11) is -4.71. The Balaban J connectivity index is 4.47. The Morgan fingerprint density at radius 3 is 0.581 bits per heavy atom. The number of hydrogen-bond acceptors (Lipinski definition) is 7. The average molecular weight is 897 g/mol. The maximum atomic E-state index is 13.6. The summed E-state index contributed by atoms with van der Waals surface area (Å²) in [5.41, 5.74) is 0. The second-order valence-electron chi connectivity index (χ2n) is 20.4. The Hall–Kier alpha value is -1.36. The van der Waals surface area contributed by atoms with E-state index in [0.717, 1.165) is 75.5 Å². The van der Waals surface area contributed by atoms with Crippen LogP contribution in [-0.4, -0.2) is 17.9 Å². The van der Waals surface area contributed by atoms with E-state index >= 15 is 0 Å². The molecule has 0 fully saturated rings. The topological polar surface area (TPSA) is 96.0 Å². The van der Waals surface area contributed by atoms with Crippen molar-refractivity contribution in [1.82, 2.24) is 0 Å². The molecule has 0 rings (SSSR count). The molecule has 0 aromatic heterocycles. The van der Waals surface area contributed by atoms with Gasteiger partial charge in [-0.25, -0.2) is 0 Å². The highest BCUT2D eigenvalue weighted by Crippen LogP contribution is 2.51. The van der Waals surface area contributed by atoms with Crippen LogP contribution < -0.4 is 0 Å². The van der Waals surface area contributed by atoms with Crippen molar-refractivity contribution in [3.8, 4) is 0 Å². The number of hydrogen-bond donors (Lipinski definition) is 0. The zero-order valence-corrected chi connectivity index (χ0v) is 43.1. The van der Waals surface area contributed by atoms with Gasteiger partial charge < -0.3 is 13.6 Å². The molecule has 0 bridgehead atoms. The van der Waals surface area contributed by atoms with Gasteiger partial charge in [-0.3, -0.25) is 14.4 Å². The molecular formula is C54H105O7P. The van der Waals surface area contributed by atoms with Gasteiger partial charge in [-0.2, -0.15) is 4.57 Å². The highest BCUT2D eigenvalue weighted by Gasteiger charge is 2.39. The molecule has 0 saturated heterocycles. The molecule has 0 unspecified atom stereocenters. The zero-order chi connectivity index (χ0) is 45.8. The maximum Gasteiger partial charge on any atom is 0.653 e. The number of phosphoric acid groups is 1. The van der Waals surface area contributed by atoms with Gasteiger partial charge in [0.05, 0.1) is 0 Å². The minimum atomic E-state index is -4.71. The molecule has 0 aliphatic carbocycles. The SMILES string of the molecule is CC(C)CCCCCCCCCCCCCCC(=O)OP(=O)(OC(=O)CCCCCCCCCCCCCCC(C)C)OC(=O)CCCCCCCCCCCCCCC(C)C. The van der Waals surface area contributed by atoms with Crippen molar-refractivity contribution < 1.29 is 32.5 Å². The third-order valence-electron chi connectivity index (χ3n) is 12.4. The molecular weight excluding hydrogens is 792 g/mol. The molecule has 0 amide bonds. The van der Waals surface area contributed by atoms with Crippen LogP contribution in [0.1, 0.15) is 311 Å². The molecule has 0 aliphatic rings. The molecule has 0 aromatic carbocycles. The Morgan fingerprint density at radius 1 is 0.274 bits per heavy atom. The van der Waals surface area contributed by atoms with Crippen LogP contribution in [0.5, 0.6) is 0 Å². The van der Waals surface area contributed by atoms with Crippen molar-refractivity contribution in [3.63, 3.8) is 0 Å². The largest absolute Gasteiger partial charge is 0.653 e. The monoisotopic (exact) mass is 897 g/mol. The quantitative estimate of drug-likeness (QED) is 0.0443. The Kier molecular flexibility index (Phi) is 43.8. The zero-order valence-electron chi connectivity index (χ0n) is 42.2. The normalized spacial score (nSPS) is 11.9. The van der Waals surface area contributed by atoms with E-state index < -0.39 is 25.7 Å². The predicted molar refractivity (Wildman–Crippen MR) is 264 cm³/mol. The van der Waals surface area contributed by atoms with Gasteiger partial charge in [-0.05, 0) is 37.0 Å². The minimum Gasteiger partial charge on any atom is -0.352 e. The summed E-state index contributed by atoms with van der Waals surface area (Å²) in [6.45, 7) is 13.8. The number of phosphoric ester groups is 1. The number of rotatable bonds is 48. The fourth-order valence-electron chi connectivity index (χ4n) is 8.34. The van der Waals surface area contributed by atoms with Crippen LogP contribution >= 0.6 is 7.82 Å². The smallest absolute Gasteiger partial charge is 0.352 e. The lowest BCUT2D eigenvalue weighted by Gasteiger charge is -2.16. The lowest BCUT2D eigenvalue weighted by Crippen LogP contribution is -2.14. The fraction of sp³-hybridized carbons (Fsp3) is 0.944. The molecule has 0 N–H and O–H groups in total. The summed E-state index contributed by atoms with van der Waals surface area (Å²) in [4.78, 5) is 38.4. The minimum absolute atomic E-state index is 0.0481. The van der Waals surface area contributed by atoms with Gasteiger partial charge in [-0.1, -0.05) is 273 Å². The standard InChI is InChI=1S/C54H105O7P/c1-49(2)43-37-31-25-19-13-7-10-16-22-28-34-40-46-52(55)59-62(58,60-53(56)47-41-35-29-23-17-11-8-14-20-26-32-38-44-50(3)4)61-54(57)48-42-36-30-24-18-12-9-15-21-27-33-39-45-51(5)6/h49-51H,7-48H2,1-6H3. The van der Waals surface area contributed by atoms with Crippen LogP contribution in [0.4, 0.5) is 0 Å². The first-order chi connectivity index (χ1) is 29.9. The first kappa shape index (κ1) is 60.6. The summed E-state index contributed by atoms with van der Waals surface area (Å²) in [6.07, 6.45) is 46.5. The van der Waals surface area contributed by atoms with E-state index in [1.165, 1.54) is 173 Å². The number of carbonyl (C=O) groups is 3. The van der Waals surface area contributed by atoms with Crippen LogP contribution in [-0.2, 0) is 32.5 Å². The Labute approximate surface area is 385 Å². The molecule has 8 heteroatoms. The van der Waals surface area contributed by atoms with Crippen LogP contribution in [0.25, 0.3) is 0 Å². The van der Waals surface area contributed by atoms with Crippen LogP contribution in [0, 0.1) is 17.8 Å². The molecule has 0 aliphatic heterocycles. The third-order valence-corrected chi connectivity index (χ3v) is 13.7. The van der Waals surface area contributed by atoms with Crippen LogP contribution in [0.15, 0.2) is 0 Å². The van der Waals surface area contributed by atoms with E-state index in [2.05, 4.69) is 41.5 Å². The molecule has 368 valence electrons. The van der Waals surface area contributed by atoms with E-state index in [4.69, 9.17) is 13.6 Å². The third kappa shape index (κ3) is 46.6. The molecule has 0 radical (unpaired) electrons. The summed E-state index contributed by atoms with van der Waals surface area (Å²) >= 11 is 0. The van der Waals surface area contributed by atoms with Crippen LogP contribution in [0.2, 0.25) is 0 Å². The van der Waals surface area contributed by atoms with E-state index in [-0.39, 0.29) is 19.3 Å². The Morgan fingerprint density at radius 2 is 0.419 bits per heavy atom. The lowest BCUT2D eigenvalue weighted by atomic mass is 10.0. The van der Waals surface area contributed by atoms with Gasteiger partial charge in [0.25, 0.3) is 0 Å². The predicted octanol–water partition coefficient (Wildman–Crippen LogP) is 19.1. The second-order valence-corrected chi connectivity index (χ2v) is 21.8. The summed E-state index contributed by atoms with van der Waals surface area (Å²) in [5, 5.41) is 0. The molecule has 62 heavy (non-hydrogen) atoms. The summed E-state index contributed by atoms with van der Waals surface area (Å²) in [6, 6.07) is 0. The van der Waals surface area contributed by atoms with Crippen molar-refractivity contribution in [2.75, 3.05) is 0 Å². The van der Waals surface area contributed by atoms with E-state index in [1.807, 2.05) is 0 Å². The average Bonchev–Trinajstić information content (AvgIpc) is 3.20. The fourth-order valence-corrected chi connectivity index (χ4v) is 9.47. The van der Waals surface area contributed by atoms with Gasteiger partial charge in [0.1, 0.15) is 0 Å². The van der Waals surface area contributed by atoms with Crippen molar-refractivity contribution in [2.45, 2.75) is 311 Å². The van der Waals surface area contributed by atoms with Crippen molar-refractivity contribution >= 4 is 25.7 Å². The number of carbonyl (C=O) groups excluding carboxylic acids is 3. The highest BCUT2D eigenvalue weighted by molar-refractivity contribution is 7.50. The van der Waals surface area contributed by atoms with Gasteiger partial charge in [0, 0.05) is 19.3 Å². The summed E-state index contributed by atoms with van der Waals surface area (Å²) in [5.74, 6) is 0.187. The van der Waals surface area contributed by atoms with Gasteiger partial charge in [0.15, 0.2) is 0 Å². The number of unbranched alkanes of at least 4 members (excludes halogenated alkanes) is 33. The lowest BCUT2D eigenvalue weighted by molar-refractivity contribution is -0.144. The second kappa shape index (κ2) is 44.8. The molecule has 7 nitrogen and oxygen atoms in total. The van der Waals surface area contributed by atoms with Crippen molar-refractivity contribution in [1.29, 1.82) is 0 Å². The van der Waals surface area contributed by atoms with Gasteiger partial charge in [0.2, 0.25) is 0 Å². The van der Waals surface area contributed by atoms with E-state index in [1.54, 1.807) is 0 Å². The van der Waals surface area contributed by atoms with Gasteiger partial charge >= 0.3 is 25.7 Å². The molecule has 0 saturated carbocycles. The van der Waals surface area contributed by atoms with Crippen molar-refractivity contribution in [2.24, 2.45) is 17.8 Å². The molecule has 0 spiro atoms. The molecule has 0 aromatic rings. The van der Waals surface area contributed by atoms with Crippen molar-refractivity contribution in [3.05, 3.63) is 0 Å². The van der Waals surface area contributed by atoms with Crippen LogP contribution in [0.3, 0.4) is 0 Å². The first-order valence-corrected chi connectivity index (χ1v) is 28.7. The van der Waals surface area contributed by atoms with E-state index in [9.17, 15) is 18.9 Å². The van der Waals surface area contributed by atoms with Gasteiger partial charge in [-0.15, -0.1) is 0 Å². The molecule has 0 atom stereocenters. The first-order valence-electron chi connectivity index (χ1n) is 27.2. The Bertz CT molecular complexity index is 929. The molecule has 0 heterocycles. The van der Waals surface area contributed by atoms with E-state index in [0.29, 0.717) is 19.3 Å². The maximum absolute atomic E-state index is 13.6.